The van der Waals surface area contributed by atoms with Crippen LogP contribution in [0.25, 0.3) is 22.4 Å². The molecule has 0 unspecified atom stereocenters. The molecular weight excluding hydrogens is 416 g/mol. The topological polar surface area (TPSA) is 99.0 Å². The second kappa shape index (κ2) is 9.44. The molecule has 1 aliphatic rings. The Kier molecular flexibility index (Phi) is 6.44. The van der Waals surface area contributed by atoms with Crippen LogP contribution in [0.1, 0.15) is 43.1 Å². The van der Waals surface area contributed by atoms with Crippen molar-refractivity contribution < 1.29 is 9.59 Å². The summed E-state index contributed by atoms with van der Waals surface area (Å²) >= 11 is 0. The van der Waals surface area contributed by atoms with Crippen molar-refractivity contribution in [2.24, 2.45) is 11.7 Å². The lowest BCUT2D eigenvalue weighted by molar-refractivity contribution is -0.127. The number of carbonyl (C=O) groups is 2. The van der Waals surface area contributed by atoms with E-state index in [9.17, 15) is 9.59 Å². The summed E-state index contributed by atoms with van der Waals surface area (Å²) in [6, 6.07) is 7.88. The number of benzene rings is 1. The summed E-state index contributed by atoms with van der Waals surface area (Å²) in [4.78, 5) is 26.0. The molecule has 8 heteroatoms. The third-order valence-corrected chi connectivity index (χ3v) is 5.93. The van der Waals surface area contributed by atoms with Gasteiger partial charge in [0.05, 0.1) is 17.8 Å². The van der Waals surface area contributed by atoms with Crippen molar-refractivity contribution in [3.05, 3.63) is 61.1 Å². The van der Waals surface area contributed by atoms with Gasteiger partial charge < -0.3 is 10.6 Å². The third-order valence-electron chi connectivity index (χ3n) is 5.93. The van der Waals surface area contributed by atoms with Crippen molar-refractivity contribution in [2.45, 2.75) is 39.3 Å². The Morgan fingerprint density at radius 1 is 1.18 bits per heavy atom. The van der Waals surface area contributed by atoms with E-state index < -0.39 is 5.91 Å². The second-order valence-corrected chi connectivity index (χ2v) is 8.94. The molecule has 3 heterocycles. The number of amides is 2. The highest BCUT2D eigenvalue weighted by molar-refractivity contribution is 5.98. The quantitative estimate of drug-likeness (QED) is 0.561. The van der Waals surface area contributed by atoms with E-state index in [0.717, 1.165) is 36.1 Å². The fraction of sp³-hybridized carbons (Fsp3) is 0.360. The standard InChI is InChI=1S/C25H30N6O2/c1-4-23(32)29-11-5-6-21(15-29)31-16-22(25(26)33)24(28-31)19-9-7-18(8-10-19)20-12-27-30(14-20)13-17(2)3/h4,7-10,12,14,16-17,21H,1,5-6,11,13,15H2,2-3H3,(H2,26,33)/t21-/m1/s1. The van der Waals surface area contributed by atoms with Gasteiger partial charge in [0.15, 0.2) is 0 Å². The normalized spacial score (nSPS) is 16.2. The molecule has 172 valence electrons. The smallest absolute Gasteiger partial charge is 0.252 e. The number of hydrogen-bond acceptors (Lipinski definition) is 4. The molecule has 0 radical (unpaired) electrons. The maximum atomic E-state index is 12.2. The molecule has 0 aliphatic carbocycles. The summed E-state index contributed by atoms with van der Waals surface area (Å²) in [6.45, 7) is 10.0. The molecule has 33 heavy (non-hydrogen) atoms. The Morgan fingerprint density at radius 2 is 1.91 bits per heavy atom. The predicted molar refractivity (Wildman–Crippen MR) is 127 cm³/mol. The molecule has 0 bridgehead atoms. The SMILES string of the molecule is C=CC(=O)N1CCC[C@@H](n2cc(C(N)=O)c(-c3ccc(-c4cnn(CC(C)C)c4)cc3)n2)C1. The molecule has 2 aromatic heterocycles. The minimum absolute atomic E-state index is 0.0134. The largest absolute Gasteiger partial charge is 0.365 e. The average Bonchev–Trinajstić information content (AvgIpc) is 3.46. The van der Waals surface area contributed by atoms with Gasteiger partial charge in [-0.05, 0) is 30.4 Å². The molecule has 8 nitrogen and oxygen atoms in total. The van der Waals surface area contributed by atoms with E-state index in [1.807, 2.05) is 41.3 Å². The van der Waals surface area contributed by atoms with Gasteiger partial charge in [-0.15, -0.1) is 0 Å². The number of rotatable bonds is 7. The lowest BCUT2D eigenvalue weighted by Crippen LogP contribution is -2.40. The number of likely N-dealkylation sites (tertiary alicyclic amines) is 1. The lowest BCUT2D eigenvalue weighted by Gasteiger charge is -2.32. The molecule has 1 aliphatic heterocycles. The Labute approximate surface area is 193 Å². The minimum Gasteiger partial charge on any atom is -0.365 e. The number of carbonyl (C=O) groups excluding carboxylic acids is 2. The summed E-state index contributed by atoms with van der Waals surface area (Å²) < 4.78 is 3.73. The lowest BCUT2D eigenvalue weighted by atomic mass is 10.0. The Hall–Kier alpha value is -3.68. The molecule has 1 saturated heterocycles. The van der Waals surface area contributed by atoms with E-state index in [0.29, 0.717) is 30.3 Å². The number of aromatic nitrogens is 4. The molecule has 1 aromatic carbocycles. The van der Waals surface area contributed by atoms with Crippen LogP contribution in [0.4, 0.5) is 0 Å². The molecule has 0 saturated carbocycles. The number of hydrogen-bond donors (Lipinski definition) is 1. The number of piperidine rings is 1. The van der Waals surface area contributed by atoms with Gasteiger partial charge in [0.2, 0.25) is 5.91 Å². The summed E-state index contributed by atoms with van der Waals surface area (Å²) in [5.74, 6) is -0.0896. The van der Waals surface area contributed by atoms with Crippen molar-refractivity contribution in [3.63, 3.8) is 0 Å². The first-order valence-corrected chi connectivity index (χ1v) is 11.3. The molecule has 4 rings (SSSR count). The van der Waals surface area contributed by atoms with Crippen LogP contribution >= 0.6 is 0 Å². The van der Waals surface area contributed by atoms with Crippen molar-refractivity contribution in [2.75, 3.05) is 13.1 Å². The van der Waals surface area contributed by atoms with E-state index in [1.54, 1.807) is 15.8 Å². The molecule has 2 amide bonds. The van der Waals surface area contributed by atoms with E-state index in [-0.39, 0.29) is 11.9 Å². The maximum Gasteiger partial charge on any atom is 0.252 e. The van der Waals surface area contributed by atoms with Crippen LogP contribution in [0.2, 0.25) is 0 Å². The van der Waals surface area contributed by atoms with Crippen LogP contribution < -0.4 is 5.73 Å². The van der Waals surface area contributed by atoms with Crippen LogP contribution in [0.5, 0.6) is 0 Å². The summed E-state index contributed by atoms with van der Waals surface area (Å²) in [6.07, 6.45) is 8.68. The van der Waals surface area contributed by atoms with Crippen molar-refractivity contribution in [3.8, 4) is 22.4 Å². The van der Waals surface area contributed by atoms with Gasteiger partial charge in [0, 0.05) is 43.2 Å². The molecule has 2 N–H and O–H groups in total. The Bertz CT molecular complexity index is 1160. The molecule has 3 aromatic rings. The van der Waals surface area contributed by atoms with Gasteiger partial charge in [-0.25, -0.2) is 0 Å². The zero-order valence-electron chi connectivity index (χ0n) is 19.1. The van der Waals surface area contributed by atoms with Crippen molar-refractivity contribution in [1.29, 1.82) is 0 Å². The highest BCUT2D eigenvalue weighted by atomic mass is 16.2. The van der Waals surface area contributed by atoms with Crippen molar-refractivity contribution in [1.82, 2.24) is 24.5 Å². The third kappa shape index (κ3) is 4.89. The first-order chi connectivity index (χ1) is 15.9. The van der Waals surface area contributed by atoms with E-state index in [2.05, 4.69) is 25.5 Å². The van der Waals surface area contributed by atoms with Crippen molar-refractivity contribution >= 4 is 11.8 Å². The monoisotopic (exact) mass is 446 g/mol. The molecular formula is C25H30N6O2. The summed E-state index contributed by atoms with van der Waals surface area (Å²) in [5, 5.41) is 9.16. The maximum absolute atomic E-state index is 12.2. The van der Waals surface area contributed by atoms with Crippen LogP contribution in [-0.4, -0.2) is 49.4 Å². The minimum atomic E-state index is -0.523. The number of nitrogens with two attached hydrogens (primary N) is 1. The Balaban J connectivity index is 1.59. The predicted octanol–water partition coefficient (Wildman–Crippen LogP) is 3.52. The second-order valence-electron chi connectivity index (χ2n) is 8.94. The van der Waals surface area contributed by atoms with Crippen LogP contribution in [0.3, 0.4) is 0 Å². The van der Waals surface area contributed by atoms with Gasteiger partial charge in [0.25, 0.3) is 5.91 Å². The average molecular weight is 447 g/mol. The molecule has 0 spiro atoms. The van der Waals surface area contributed by atoms with Gasteiger partial charge in [-0.2, -0.15) is 10.2 Å². The number of nitrogens with zero attached hydrogens (tertiary/aromatic N) is 5. The highest BCUT2D eigenvalue weighted by Gasteiger charge is 2.26. The zero-order valence-corrected chi connectivity index (χ0v) is 19.1. The highest BCUT2D eigenvalue weighted by Crippen LogP contribution is 2.29. The first kappa shape index (κ1) is 22.5. The Morgan fingerprint density at radius 3 is 2.58 bits per heavy atom. The van der Waals surface area contributed by atoms with E-state index >= 15 is 0 Å². The van der Waals surface area contributed by atoms with E-state index in [1.165, 1.54) is 6.08 Å². The van der Waals surface area contributed by atoms with Crippen LogP contribution in [-0.2, 0) is 11.3 Å². The number of primary amides is 1. The summed E-state index contributed by atoms with van der Waals surface area (Å²) in [5.41, 5.74) is 9.50. The molecule has 1 atom stereocenters. The first-order valence-electron chi connectivity index (χ1n) is 11.3. The van der Waals surface area contributed by atoms with Crippen LogP contribution in [0.15, 0.2) is 55.5 Å². The van der Waals surface area contributed by atoms with Gasteiger partial charge in [0.1, 0.15) is 5.69 Å². The molecule has 1 fully saturated rings. The van der Waals surface area contributed by atoms with Gasteiger partial charge in [-0.3, -0.25) is 19.0 Å². The van der Waals surface area contributed by atoms with E-state index in [4.69, 9.17) is 10.8 Å². The fourth-order valence-electron chi connectivity index (χ4n) is 4.28. The zero-order chi connectivity index (χ0) is 23.5. The fourth-order valence-corrected chi connectivity index (χ4v) is 4.28. The summed E-state index contributed by atoms with van der Waals surface area (Å²) in [7, 11) is 0. The van der Waals surface area contributed by atoms with Gasteiger partial charge in [-0.1, -0.05) is 44.7 Å². The van der Waals surface area contributed by atoms with Crippen LogP contribution in [0, 0.1) is 5.92 Å². The van der Waals surface area contributed by atoms with Gasteiger partial charge >= 0.3 is 0 Å².